The van der Waals surface area contributed by atoms with Gasteiger partial charge in [0.2, 0.25) is 0 Å². The topological polar surface area (TPSA) is 92.3 Å². The summed E-state index contributed by atoms with van der Waals surface area (Å²) >= 11 is 1.76. The number of halogens is 1. The Kier molecular flexibility index (Phi) is 12.5. The van der Waals surface area contributed by atoms with Crippen molar-refractivity contribution in [3.8, 4) is 0 Å². The second-order valence-corrected chi connectivity index (χ2v) is 9.54. The van der Waals surface area contributed by atoms with E-state index in [0.717, 1.165) is 32.8 Å². The van der Waals surface area contributed by atoms with Crippen LogP contribution in [0.4, 0.5) is 0 Å². The van der Waals surface area contributed by atoms with E-state index in [1.54, 1.807) is 18.4 Å². The summed E-state index contributed by atoms with van der Waals surface area (Å²) in [5, 5.41) is 8.68. The number of morpholine rings is 1. The van der Waals surface area contributed by atoms with Crippen molar-refractivity contribution in [3.63, 3.8) is 0 Å². The highest BCUT2D eigenvalue weighted by Crippen LogP contribution is 2.25. The first kappa shape index (κ1) is 25.6. The molecule has 0 radical (unpaired) electrons. The molecule has 1 unspecified atom stereocenters. The Morgan fingerprint density at radius 1 is 1.36 bits per heavy atom. The highest BCUT2D eigenvalue weighted by atomic mass is 127. The minimum Gasteiger partial charge on any atom is -0.379 e. The fraction of sp³-hybridized carbons (Fsp3) is 0.706. The molecule has 1 aromatic heterocycles. The Morgan fingerprint density at radius 3 is 2.71 bits per heavy atom. The SMILES string of the molecule is CN=C(NCCOCCS(C)(=O)=O)NCC(c1cccs1)N1CCOCC1.I. The summed E-state index contributed by atoms with van der Waals surface area (Å²) in [7, 11) is -1.25. The van der Waals surface area contributed by atoms with Gasteiger partial charge in [-0.15, -0.1) is 35.3 Å². The van der Waals surface area contributed by atoms with Crippen LogP contribution in [0.3, 0.4) is 0 Å². The van der Waals surface area contributed by atoms with Crippen molar-refractivity contribution < 1.29 is 17.9 Å². The molecular weight excluding hydrogens is 515 g/mol. The molecule has 1 aliphatic rings. The van der Waals surface area contributed by atoms with Crippen molar-refractivity contribution in [1.29, 1.82) is 0 Å². The smallest absolute Gasteiger partial charge is 0.191 e. The van der Waals surface area contributed by atoms with Crippen LogP contribution in [0.25, 0.3) is 0 Å². The quantitative estimate of drug-likeness (QED) is 0.196. The van der Waals surface area contributed by atoms with E-state index in [4.69, 9.17) is 9.47 Å². The molecule has 1 aliphatic heterocycles. The van der Waals surface area contributed by atoms with Gasteiger partial charge < -0.3 is 20.1 Å². The van der Waals surface area contributed by atoms with Crippen molar-refractivity contribution in [2.75, 3.05) is 71.7 Å². The Labute approximate surface area is 189 Å². The predicted molar refractivity (Wildman–Crippen MR) is 125 cm³/mol. The highest BCUT2D eigenvalue weighted by Gasteiger charge is 2.23. The van der Waals surface area contributed by atoms with Gasteiger partial charge in [0, 0.05) is 44.4 Å². The molecule has 1 saturated heterocycles. The monoisotopic (exact) mass is 546 g/mol. The lowest BCUT2D eigenvalue weighted by atomic mass is 10.2. The zero-order valence-corrected chi connectivity index (χ0v) is 20.4. The summed E-state index contributed by atoms with van der Waals surface area (Å²) in [6.07, 6.45) is 1.21. The Bertz CT molecular complexity index is 665. The van der Waals surface area contributed by atoms with Crippen molar-refractivity contribution in [3.05, 3.63) is 22.4 Å². The number of hydrogen-bond acceptors (Lipinski definition) is 7. The number of aliphatic imine (C=N–C) groups is 1. The maximum absolute atomic E-state index is 11.1. The molecule has 1 fully saturated rings. The number of ether oxygens (including phenoxy) is 2. The summed E-state index contributed by atoms with van der Waals surface area (Å²) in [5.74, 6) is 0.749. The molecule has 2 N–H and O–H groups in total. The molecule has 0 aromatic carbocycles. The number of hydrogen-bond donors (Lipinski definition) is 2. The molecule has 0 amide bonds. The molecule has 28 heavy (non-hydrogen) atoms. The number of nitrogens with zero attached hydrogens (tertiary/aromatic N) is 2. The summed E-state index contributed by atoms with van der Waals surface area (Å²) in [6.45, 7) is 5.31. The van der Waals surface area contributed by atoms with Crippen molar-refractivity contribution >= 4 is 51.1 Å². The fourth-order valence-corrected chi connectivity index (χ4v) is 4.03. The molecule has 1 atom stereocenters. The van der Waals surface area contributed by atoms with E-state index in [9.17, 15) is 8.42 Å². The first-order valence-electron chi connectivity index (χ1n) is 9.05. The lowest BCUT2D eigenvalue weighted by Gasteiger charge is -2.34. The van der Waals surface area contributed by atoms with E-state index in [1.165, 1.54) is 11.1 Å². The lowest BCUT2D eigenvalue weighted by molar-refractivity contribution is 0.0177. The maximum Gasteiger partial charge on any atom is 0.191 e. The van der Waals surface area contributed by atoms with Crippen LogP contribution in [0.5, 0.6) is 0 Å². The standard InChI is InChI=1S/C17H30N4O4S2.HI/c1-18-17(19-5-8-24-11-13-27(2,22)23)20-14-15(16-4-3-12-26-16)21-6-9-25-10-7-21;/h3-4,12,15H,5-11,13-14H2,1-2H3,(H2,18,19,20);1H. The van der Waals surface area contributed by atoms with Gasteiger partial charge in [0.05, 0.1) is 38.2 Å². The van der Waals surface area contributed by atoms with Gasteiger partial charge in [-0.3, -0.25) is 9.89 Å². The van der Waals surface area contributed by atoms with E-state index < -0.39 is 9.84 Å². The third-order valence-corrected chi connectivity index (χ3v) is 6.06. The number of guanidine groups is 1. The maximum atomic E-state index is 11.1. The van der Waals surface area contributed by atoms with Gasteiger partial charge in [0.25, 0.3) is 0 Å². The third kappa shape index (κ3) is 9.83. The van der Waals surface area contributed by atoms with Gasteiger partial charge in [-0.25, -0.2) is 8.42 Å². The molecule has 2 rings (SSSR count). The highest BCUT2D eigenvalue weighted by molar-refractivity contribution is 14.0. The summed E-state index contributed by atoms with van der Waals surface area (Å²) in [6, 6.07) is 4.52. The van der Waals surface area contributed by atoms with Crippen LogP contribution in [0.1, 0.15) is 10.9 Å². The average molecular weight is 546 g/mol. The summed E-state index contributed by atoms with van der Waals surface area (Å²) < 4.78 is 32.9. The van der Waals surface area contributed by atoms with E-state index in [-0.39, 0.29) is 42.4 Å². The number of rotatable bonds is 10. The summed E-state index contributed by atoms with van der Waals surface area (Å²) in [5.41, 5.74) is 0. The largest absolute Gasteiger partial charge is 0.379 e. The Balaban J connectivity index is 0.00000392. The Morgan fingerprint density at radius 2 is 2.11 bits per heavy atom. The van der Waals surface area contributed by atoms with E-state index >= 15 is 0 Å². The van der Waals surface area contributed by atoms with Gasteiger partial charge in [-0.05, 0) is 11.4 Å². The number of sulfone groups is 1. The zero-order valence-electron chi connectivity index (χ0n) is 16.4. The first-order chi connectivity index (χ1) is 13.0. The average Bonchev–Trinajstić information content (AvgIpc) is 3.17. The molecule has 8 nitrogen and oxygen atoms in total. The van der Waals surface area contributed by atoms with Crippen LogP contribution in [-0.2, 0) is 19.3 Å². The molecule has 1 aromatic rings. The zero-order chi connectivity index (χ0) is 19.5. The second-order valence-electron chi connectivity index (χ2n) is 6.30. The van der Waals surface area contributed by atoms with E-state index in [1.807, 2.05) is 0 Å². The van der Waals surface area contributed by atoms with Crippen LogP contribution in [0.15, 0.2) is 22.5 Å². The van der Waals surface area contributed by atoms with E-state index in [2.05, 4.69) is 38.0 Å². The normalized spacial score (nSPS) is 17.0. The second kappa shape index (κ2) is 13.7. The molecule has 0 bridgehead atoms. The van der Waals surface area contributed by atoms with Crippen molar-refractivity contribution in [1.82, 2.24) is 15.5 Å². The fourth-order valence-electron chi connectivity index (χ4n) is 2.75. The van der Waals surface area contributed by atoms with Gasteiger partial charge in [0.15, 0.2) is 5.96 Å². The lowest BCUT2D eigenvalue weighted by Crippen LogP contribution is -2.46. The number of nitrogens with one attached hydrogen (secondary N) is 2. The van der Waals surface area contributed by atoms with Crippen molar-refractivity contribution in [2.24, 2.45) is 4.99 Å². The molecular formula is C17H31IN4O4S2. The van der Waals surface area contributed by atoms with Gasteiger partial charge in [-0.1, -0.05) is 6.07 Å². The van der Waals surface area contributed by atoms with Crippen LogP contribution in [-0.4, -0.2) is 90.9 Å². The van der Waals surface area contributed by atoms with Crippen LogP contribution in [0, 0.1) is 0 Å². The van der Waals surface area contributed by atoms with Crippen LogP contribution < -0.4 is 10.6 Å². The van der Waals surface area contributed by atoms with E-state index in [0.29, 0.717) is 19.1 Å². The molecule has 2 heterocycles. The molecule has 0 saturated carbocycles. The molecule has 0 aliphatic carbocycles. The first-order valence-corrected chi connectivity index (χ1v) is 12.0. The Hall–Kier alpha value is -0.470. The molecule has 162 valence electrons. The van der Waals surface area contributed by atoms with Crippen LogP contribution in [0.2, 0.25) is 0 Å². The van der Waals surface area contributed by atoms with Crippen molar-refractivity contribution in [2.45, 2.75) is 6.04 Å². The molecule has 11 heteroatoms. The number of thiophene rings is 1. The molecule has 0 spiro atoms. The van der Waals surface area contributed by atoms with Gasteiger partial charge >= 0.3 is 0 Å². The van der Waals surface area contributed by atoms with Gasteiger partial charge in [-0.2, -0.15) is 0 Å². The minimum atomic E-state index is -2.98. The summed E-state index contributed by atoms with van der Waals surface area (Å²) in [4.78, 5) is 8.00. The van der Waals surface area contributed by atoms with Crippen LogP contribution >= 0.6 is 35.3 Å². The minimum absolute atomic E-state index is 0. The third-order valence-electron chi connectivity index (χ3n) is 4.18. The predicted octanol–water partition coefficient (Wildman–Crippen LogP) is 0.966. The van der Waals surface area contributed by atoms with Gasteiger partial charge in [0.1, 0.15) is 9.84 Å².